The fourth-order valence-electron chi connectivity index (χ4n) is 3.37. The van der Waals surface area contributed by atoms with Crippen molar-refractivity contribution in [3.63, 3.8) is 0 Å². The van der Waals surface area contributed by atoms with Gasteiger partial charge in [-0.05, 0) is 34.9 Å². The van der Waals surface area contributed by atoms with Gasteiger partial charge in [-0.1, -0.05) is 60.1 Å². The summed E-state index contributed by atoms with van der Waals surface area (Å²) >= 11 is 5.80. The Morgan fingerprint density at radius 2 is 1.85 bits per heavy atom. The van der Waals surface area contributed by atoms with Gasteiger partial charge in [-0.25, -0.2) is 9.78 Å². The highest BCUT2D eigenvalue weighted by Crippen LogP contribution is 2.34. The summed E-state index contributed by atoms with van der Waals surface area (Å²) in [7, 11) is 0. The van der Waals surface area contributed by atoms with Crippen molar-refractivity contribution in [2.24, 2.45) is 0 Å². The number of amides is 3. The summed E-state index contributed by atoms with van der Waals surface area (Å²) < 4.78 is 0. The molecule has 1 atom stereocenters. The fraction of sp³-hybridized carbons (Fsp3) is 0.150. The molecule has 4 rings (SSSR count). The predicted octanol–water partition coefficient (Wildman–Crippen LogP) is 3.86. The summed E-state index contributed by atoms with van der Waals surface area (Å²) in [5, 5.41) is 5.20. The molecule has 0 spiro atoms. The molecule has 0 unspecified atom stereocenters. The van der Waals surface area contributed by atoms with E-state index in [0.29, 0.717) is 5.15 Å². The molecule has 6 heteroatoms. The third-order valence-electron chi connectivity index (χ3n) is 4.73. The molecule has 1 aliphatic rings. The maximum Gasteiger partial charge on any atom is 0.325 e. The number of aromatic nitrogens is 1. The van der Waals surface area contributed by atoms with Gasteiger partial charge in [0.1, 0.15) is 10.7 Å². The zero-order valence-electron chi connectivity index (χ0n) is 14.1. The Labute approximate surface area is 155 Å². The highest BCUT2D eigenvalue weighted by atomic mass is 35.5. The number of nitrogens with one attached hydrogen (secondary N) is 1. The van der Waals surface area contributed by atoms with Crippen LogP contribution in [0.2, 0.25) is 5.15 Å². The molecule has 2 aromatic carbocycles. The molecule has 0 radical (unpaired) electrons. The maximum atomic E-state index is 13.1. The Bertz CT molecular complexity index is 1010. The van der Waals surface area contributed by atoms with Crippen LogP contribution in [0.1, 0.15) is 18.1 Å². The van der Waals surface area contributed by atoms with E-state index in [1.54, 1.807) is 25.3 Å². The Morgan fingerprint density at radius 3 is 2.62 bits per heavy atom. The van der Waals surface area contributed by atoms with Crippen LogP contribution in [-0.2, 0) is 16.9 Å². The van der Waals surface area contributed by atoms with E-state index in [-0.39, 0.29) is 12.5 Å². The van der Waals surface area contributed by atoms with Crippen LogP contribution in [0.4, 0.5) is 4.79 Å². The number of benzene rings is 2. The van der Waals surface area contributed by atoms with Crippen LogP contribution in [0.3, 0.4) is 0 Å². The van der Waals surface area contributed by atoms with Gasteiger partial charge in [-0.3, -0.25) is 9.69 Å². The van der Waals surface area contributed by atoms with Gasteiger partial charge in [0.25, 0.3) is 5.91 Å². The molecule has 1 N–H and O–H groups in total. The van der Waals surface area contributed by atoms with E-state index in [2.05, 4.69) is 10.3 Å². The van der Waals surface area contributed by atoms with Crippen LogP contribution in [0.25, 0.3) is 10.8 Å². The lowest BCUT2D eigenvalue weighted by Gasteiger charge is -2.24. The van der Waals surface area contributed by atoms with E-state index in [1.807, 2.05) is 42.5 Å². The minimum atomic E-state index is -1.11. The molecule has 1 saturated heterocycles. The fourth-order valence-corrected chi connectivity index (χ4v) is 3.48. The van der Waals surface area contributed by atoms with Gasteiger partial charge in [0.2, 0.25) is 0 Å². The first-order valence-corrected chi connectivity index (χ1v) is 8.59. The molecule has 0 bridgehead atoms. The average Bonchev–Trinajstić information content (AvgIpc) is 2.87. The Morgan fingerprint density at radius 1 is 1.08 bits per heavy atom. The van der Waals surface area contributed by atoms with Crippen molar-refractivity contribution >= 4 is 34.3 Å². The molecular weight excluding hydrogens is 350 g/mol. The standard InChI is InChI=1S/C20H16ClN3O2/c1-20(16-8-4-6-14-5-2-3-7-15(14)16)18(25)24(19(26)23-20)12-13-9-10-17(21)22-11-13/h2-11H,12H2,1H3,(H,23,26)/t20-/m1/s1. The van der Waals surface area contributed by atoms with Crippen molar-refractivity contribution in [2.75, 3.05) is 0 Å². The Kier molecular flexibility index (Phi) is 3.89. The van der Waals surface area contributed by atoms with Crippen LogP contribution in [0.15, 0.2) is 60.8 Å². The number of imide groups is 1. The number of carbonyl (C=O) groups is 2. The normalized spacial score (nSPS) is 19.8. The Balaban J connectivity index is 1.72. The predicted molar refractivity (Wildman–Crippen MR) is 99.6 cm³/mol. The van der Waals surface area contributed by atoms with Crippen LogP contribution in [-0.4, -0.2) is 21.8 Å². The molecular formula is C20H16ClN3O2. The van der Waals surface area contributed by atoms with Gasteiger partial charge in [-0.15, -0.1) is 0 Å². The number of hydrogen-bond acceptors (Lipinski definition) is 3. The number of fused-ring (bicyclic) bond motifs is 1. The van der Waals surface area contributed by atoms with Crippen molar-refractivity contribution in [2.45, 2.75) is 19.0 Å². The topological polar surface area (TPSA) is 62.3 Å². The van der Waals surface area contributed by atoms with Crippen molar-refractivity contribution in [3.8, 4) is 0 Å². The highest BCUT2D eigenvalue weighted by Gasteiger charge is 2.49. The molecule has 3 aromatic rings. The van der Waals surface area contributed by atoms with Crippen LogP contribution in [0, 0.1) is 0 Å². The molecule has 5 nitrogen and oxygen atoms in total. The highest BCUT2D eigenvalue weighted by molar-refractivity contribution is 6.29. The second kappa shape index (κ2) is 6.11. The first kappa shape index (κ1) is 16.5. The van der Waals surface area contributed by atoms with Crippen LogP contribution in [0.5, 0.6) is 0 Å². The first-order chi connectivity index (χ1) is 12.5. The lowest BCUT2D eigenvalue weighted by atomic mass is 9.88. The van der Waals surface area contributed by atoms with Crippen molar-refractivity contribution < 1.29 is 9.59 Å². The number of urea groups is 1. The third kappa shape index (κ3) is 2.61. The van der Waals surface area contributed by atoms with E-state index in [4.69, 9.17) is 11.6 Å². The zero-order valence-corrected chi connectivity index (χ0v) is 14.8. The van der Waals surface area contributed by atoms with Gasteiger partial charge in [0.15, 0.2) is 0 Å². The molecule has 0 aliphatic carbocycles. The molecule has 26 heavy (non-hydrogen) atoms. The lowest BCUT2D eigenvalue weighted by molar-refractivity contribution is -0.131. The average molecular weight is 366 g/mol. The smallest absolute Gasteiger partial charge is 0.319 e. The summed E-state index contributed by atoms with van der Waals surface area (Å²) in [6, 6.07) is 16.6. The monoisotopic (exact) mass is 365 g/mol. The summed E-state index contributed by atoms with van der Waals surface area (Å²) in [6.45, 7) is 1.89. The van der Waals surface area contributed by atoms with Gasteiger partial charge >= 0.3 is 6.03 Å². The lowest BCUT2D eigenvalue weighted by Crippen LogP contribution is -2.41. The Hall–Kier alpha value is -2.92. The molecule has 0 saturated carbocycles. The molecule has 1 fully saturated rings. The zero-order chi connectivity index (χ0) is 18.3. The van der Waals surface area contributed by atoms with Gasteiger partial charge < -0.3 is 5.32 Å². The molecule has 2 heterocycles. The van der Waals surface area contributed by atoms with Crippen molar-refractivity contribution in [1.29, 1.82) is 0 Å². The van der Waals surface area contributed by atoms with E-state index < -0.39 is 11.6 Å². The number of nitrogens with zero attached hydrogens (tertiary/aromatic N) is 2. The minimum Gasteiger partial charge on any atom is -0.319 e. The van der Waals surface area contributed by atoms with Gasteiger partial charge in [0, 0.05) is 6.20 Å². The third-order valence-corrected chi connectivity index (χ3v) is 4.96. The summed E-state index contributed by atoms with van der Waals surface area (Å²) in [5.41, 5.74) is 0.406. The summed E-state index contributed by atoms with van der Waals surface area (Å²) in [4.78, 5) is 30.9. The van der Waals surface area contributed by atoms with Gasteiger partial charge in [-0.2, -0.15) is 0 Å². The maximum absolute atomic E-state index is 13.1. The summed E-state index contributed by atoms with van der Waals surface area (Å²) in [6.07, 6.45) is 1.57. The largest absolute Gasteiger partial charge is 0.325 e. The number of halogens is 1. The van der Waals surface area contributed by atoms with E-state index >= 15 is 0 Å². The second-order valence-corrected chi connectivity index (χ2v) is 6.85. The van der Waals surface area contributed by atoms with E-state index in [9.17, 15) is 9.59 Å². The second-order valence-electron chi connectivity index (χ2n) is 6.46. The molecule has 130 valence electrons. The van der Waals surface area contributed by atoms with E-state index in [0.717, 1.165) is 21.9 Å². The molecule has 1 aliphatic heterocycles. The number of pyridine rings is 1. The van der Waals surface area contributed by atoms with Crippen LogP contribution >= 0.6 is 11.6 Å². The van der Waals surface area contributed by atoms with E-state index in [1.165, 1.54) is 4.90 Å². The quantitative estimate of drug-likeness (QED) is 0.566. The minimum absolute atomic E-state index is 0.148. The number of carbonyl (C=O) groups excluding carboxylic acids is 2. The number of rotatable bonds is 3. The molecule has 3 amide bonds. The van der Waals surface area contributed by atoms with Crippen molar-refractivity contribution in [1.82, 2.24) is 15.2 Å². The van der Waals surface area contributed by atoms with Crippen LogP contribution < -0.4 is 5.32 Å². The SMILES string of the molecule is C[C@]1(c2cccc3ccccc23)NC(=O)N(Cc2ccc(Cl)nc2)C1=O. The summed E-state index contributed by atoms with van der Waals surface area (Å²) in [5.74, 6) is -0.284. The first-order valence-electron chi connectivity index (χ1n) is 8.22. The van der Waals surface area contributed by atoms with Crippen molar-refractivity contribution in [3.05, 3.63) is 77.1 Å². The van der Waals surface area contributed by atoms with Gasteiger partial charge in [0.05, 0.1) is 6.54 Å². The molecule has 1 aromatic heterocycles. The number of hydrogen-bond donors (Lipinski definition) is 1.